The summed E-state index contributed by atoms with van der Waals surface area (Å²) >= 11 is 9.26. The van der Waals surface area contributed by atoms with Gasteiger partial charge in [-0.3, -0.25) is 0 Å². The molecular formula is C13H10BrClN4. The number of anilines is 2. The molecule has 0 fully saturated rings. The summed E-state index contributed by atoms with van der Waals surface area (Å²) in [6, 6.07) is 11.9. The molecule has 0 aliphatic carbocycles. The summed E-state index contributed by atoms with van der Waals surface area (Å²) in [4.78, 5) is 10.1. The maximum absolute atomic E-state index is 8.79. The smallest absolute Gasteiger partial charge is 0.224 e. The lowest BCUT2D eigenvalue weighted by Crippen LogP contribution is -2.20. The van der Waals surface area contributed by atoms with Crippen LogP contribution in [0.3, 0.4) is 0 Å². The van der Waals surface area contributed by atoms with E-state index in [2.05, 4.69) is 32.0 Å². The van der Waals surface area contributed by atoms with Crippen molar-refractivity contribution in [1.82, 2.24) is 9.97 Å². The van der Waals surface area contributed by atoms with Gasteiger partial charge in [-0.2, -0.15) is 10.2 Å². The van der Waals surface area contributed by atoms with Crippen molar-refractivity contribution in [2.75, 3.05) is 11.4 Å². The van der Waals surface area contributed by atoms with Crippen LogP contribution in [0.2, 0.25) is 5.28 Å². The molecule has 1 aromatic heterocycles. The van der Waals surface area contributed by atoms with Gasteiger partial charge in [0.15, 0.2) is 5.82 Å². The van der Waals surface area contributed by atoms with Gasteiger partial charge >= 0.3 is 0 Å². The largest absolute Gasteiger partial charge is 0.324 e. The summed E-state index contributed by atoms with van der Waals surface area (Å²) in [5.74, 6) is 0.654. The van der Waals surface area contributed by atoms with E-state index in [9.17, 15) is 0 Å². The molecule has 2 rings (SSSR count). The SMILES string of the molecule is N#CCCN(c1ccccc1)c1nc(Cl)ncc1Br. The number of nitrogens with zero attached hydrogens (tertiary/aromatic N) is 4. The van der Waals surface area contributed by atoms with Crippen molar-refractivity contribution in [1.29, 1.82) is 5.26 Å². The van der Waals surface area contributed by atoms with E-state index in [1.165, 1.54) is 0 Å². The van der Waals surface area contributed by atoms with Crippen LogP contribution in [0.5, 0.6) is 0 Å². The molecule has 2 aromatic rings. The Morgan fingerprint density at radius 3 is 2.74 bits per heavy atom. The van der Waals surface area contributed by atoms with Gasteiger partial charge in [-0.05, 0) is 39.7 Å². The third-order valence-electron chi connectivity index (χ3n) is 2.47. The monoisotopic (exact) mass is 336 g/mol. The second-order valence-corrected chi connectivity index (χ2v) is 4.90. The van der Waals surface area contributed by atoms with Crippen molar-refractivity contribution in [3.05, 3.63) is 46.3 Å². The lowest BCUT2D eigenvalue weighted by atomic mass is 10.2. The number of para-hydroxylation sites is 1. The predicted molar refractivity (Wildman–Crippen MR) is 78.4 cm³/mol. The summed E-state index contributed by atoms with van der Waals surface area (Å²) in [5, 5.41) is 8.96. The van der Waals surface area contributed by atoms with Crippen LogP contribution in [0.15, 0.2) is 41.0 Å². The highest BCUT2D eigenvalue weighted by Gasteiger charge is 2.14. The van der Waals surface area contributed by atoms with Gasteiger partial charge in [0.05, 0.1) is 17.0 Å². The van der Waals surface area contributed by atoms with Crippen LogP contribution >= 0.6 is 27.5 Å². The number of hydrogen-bond donors (Lipinski definition) is 0. The molecule has 96 valence electrons. The first kappa shape index (κ1) is 13.8. The quantitative estimate of drug-likeness (QED) is 0.793. The lowest BCUT2D eigenvalue weighted by molar-refractivity contribution is 0.915. The summed E-state index contributed by atoms with van der Waals surface area (Å²) in [6.45, 7) is 0.534. The van der Waals surface area contributed by atoms with Crippen LogP contribution in [0, 0.1) is 11.3 Å². The zero-order chi connectivity index (χ0) is 13.7. The molecule has 0 aliphatic rings. The van der Waals surface area contributed by atoms with E-state index >= 15 is 0 Å². The topological polar surface area (TPSA) is 52.8 Å². The minimum atomic E-state index is 0.177. The average molecular weight is 338 g/mol. The van der Waals surface area contributed by atoms with Crippen LogP contribution < -0.4 is 4.90 Å². The Bertz CT molecular complexity index is 597. The maximum Gasteiger partial charge on any atom is 0.224 e. The highest BCUT2D eigenvalue weighted by Crippen LogP contribution is 2.30. The summed E-state index contributed by atoms with van der Waals surface area (Å²) < 4.78 is 0.735. The third kappa shape index (κ3) is 3.43. The molecule has 0 atom stereocenters. The molecule has 1 aromatic carbocycles. The van der Waals surface area contributed by atoms with Gasteiger partial charge in [-0.15, -0.1) is 0 Å². The molecule has 0 saturated carbocycles. The Labute approximate surface area is 124 Å². The van der Waals surface area contributed by atoms with Gasteiger partial charge in [0, 0.05) is 18.4 Å². The first-order chi connectivity index (χ1) is 9.22. The van der Waals surface area contributed by atoms with Crippen LogP contribution in [0.4, 0.5) is 11.5 Å². The molecule has 0 bridgehead atoms. The minimum absolute atomic E-state index is 0.177. The van der Waals surface area contributed by atoms with Crippen molar-refractivity contribution >= 4 is 39.0 Å². The zero-order valence-corrected chi connectivity index (χ0v) is 12.3. The van der Waals surface area contributed by atoms with E-state index < -0.39 is 0 Å². The van der Waals surface area contributed by atoms with Gasteiger partial charge in [0.1, 0.15) is 0 Å². The van der Waals surface area contributed by atoms with Crippen molar-refractivity contribution < 1.29 is 0 Å². The van der Waals surface area contributed by atoms with Crippen LogP contribution in [-0.4, -0.2) is 16.5 Å². The molecule has 0 aliphatic heterocycles. The maximum atomic E-state index is 8.79. The van der Waals surface area contributed by atoms with Gasteiger partial charge in [0.2, 0.25) is 5.28 Å². The van der Waals surface area contributed by atoms with Gasteiger partial charge < -0.3 is 4.90 Å². The molecule has 1 heterocycles. The van der Waals surface area contributed by atoms with E-state index in [1.54, 1.807) is 6.20 Å². The second kappa shape index (κ2) is 6.50. The summed E-state index contributed by atoms with van der Waals surface area (Å²) in [6.07, 6.45) is 2.00. The standard InChI is InChI=1S/C13H10BrClN4/c14-11-9-17-13(15)18-12(11)19(8-4-7-16)10-5-2-1-3-6-10/h1-3,5-6,9H,4,8H2. The van der Waals surface area contributed by atoms with E-state index in [0.717, 1.165) is 10.2 Å². The molecule has 0 N–H and O–H groups in total. The Hall–Kier alpha value is -1.64. The Balaban J connectivity index is 2.43. The summed E-state index contributed by atoms with van der Waals surface area (Å²) in [5.41, 5.74) is 0.952. The van der Waals surface area contributed by atoms with E-state index in [0.29, 0.717) is 18.8 Å². The average Bonchev–Trinajstić information content (AvgIpc) is 2.44. The van der Waals surface area contributed by atoms with Gasteiger partial charge in [-0.1, -0.05) is 18.2 Å². The van der Waals surface area contributed by atoms with Crippen LogP contribution in [-0.2, 0) is 0 Å². The van der Waals surface area contributed by atoms with Crippen LogP contribution in [0.1, 0.15) is 6.42 Å². The van der Waals surface area contributed by atoms with Crippen molar-refractivity contribution in [3.63, 3.8) is 0 Å². The zero-order valence-electron chi connectivity index (χ0n) is 9.92. The second-order valence-electron chi connectivity index (χ2n) is 3.71. The number of rotatable bonds is 4. The number of benzene rings is 1. The molecule has 6 heteroatoms. The predicted octanol–water partition coefficient (Wildman–Crippen LogP) is 3.94. The van der Waals surface area contributed by atoms with E-state index in [1.807, 2.05) is 35.2 Å². The molecule has 0 spiro atoms. The van der Waals surface area contributed by atoms with E-state index in [4.69, 9.17) is 16.9 Å². The van der Waals surface area contributed by atoms with Crippen molar-refractivity contribution in [2.45, 2.75) is 6.42 Å². The third-order valence-corrected chi connectivity index (χ3v) is 3.21. The Morgan fingerprint density at radius 2 is 2.05 bits per heavy atom. The highest BCUT2D eigenvalue weighted by atomic mass is 79.9. The lowest BCUT2D eigenvalue weighted by Gasteiger charge is -2.23. The number of nitriles is 1. The first-order valence-electron chi connectivity index (χ1n) is 5.60. The van der Waals surface area contributed by atoms with Crippen molar-refractivity contribution in [3.8, 4) is 6.07 Å². The minimum Gasteiger partial charge on any atom is -0.324 e. The normalized spacial score (nSPS) is 9.95. The fourth-order valence-corrected chi connectivity index (χ4v) is 2.19. The number of hydrogen-bond acceptors (Lipinski definition) is 4. The fourth-order valence-electron chi connectivity index (χ4n) is 1.65. The molecule has 4 nitrogen and oxygen atoms in total. The molecular weight excluding hydrogens is 328 g/mol. The van der Waals surface area contributed by atoms with E-state index in [-0.39, 0.29) is 5.28 Å². The first-order valence-corrected chi connectivity index (χ1v) is 6.77. The summed E-state index contributed by atoms with van der Waals surface area (Å²) in [7, 11) is 0. The fraction of sp³-hybridized carbons (Fsp3) is 0.154. The Kier molecular flexibility index (Phi) is 4.72. The molecule has 0 radical (unpaired) electrons. The molecule has 0 saturated heterocycles. The van der Waals surface area contributed by atoms with Gasteiger partial charge in [0.25, 0.3) is 0 Å². The molecule has 0 amide bonds. The van der Waals surface area contributed by atoms with Crippen LogP contribution in [0.25, 0.3) is 0 Å². The number of aromatic nitrogens is 2. The van der Waals surface area contributed by atoms with Gasteiger partial charge in [-0.25, -0.2) is 4.98 Å². The number of halogens is 2. The Morgan fingerprint density at radius 1 is 1.32 bits per heavy atom. The van der Waals surface area contributed by atoms with Crippen molar-refractivity contribution in [2.24, 2.45) is 0 Å². The molecule has 0 unspecified atom stereocenters. The highest BCUT2D eigenvalue weighted by molar-refractivity contribution is 9.10. The molecule has 19 heavy (non-hydrogen) atoms.